The van der Waals surface area contributed by atoms with E-state index in [4.69, 9.17) is 11.6 Å². The van der Waals surface area contributed by atoms with Gasteiger partial charge in [-0.2, -0.15) is 0 Å². The maximum Gasteiger partial charge on any atom is 0.264 e. The van der Waals surface area contributed by atoms with Crippen LogP contribution in [0.4, 0.5) is 10.1 Å². The number of sulfonamides is 1. The van der Waals surface area contributed by atoms with Crippen LogP contribution >= 0.6 is 11.6 Å². The largest absolute Gasteiger partial charge is 0.350 e. The van der Waals surface area contributed by atoms with Crippen molar-refractivity contribution in [2.24, 2.45) is 0 Å². The smallest absolute Gasteiger partial charge is 0.264 e. The minimum Gasteiger partial charge on any atom is -0.350 e. The van der Waals surface area contributed by atoms with Gasteiger partial charge in [-0.25, -0.2) is 12.8 Å². The number of nitrogens with zero attached hydrogens (tertiary/aromatic N) is 2. The Hall–Kier alpha value is -4.21. The monoisotopic (exact) mass is 649 g/mol. The van der Waals surface area contributed by atoms with Gasteiger partial charge in [-0.15, -0.1) is 0 Å². The predicted molar refractivity (Wildman–Crippen MR) is 176 cm³/mol. The zero-order chi connectivity index (χ0) is 32.8. The van der Waals surface area contributed by atoms with Gasteiger partial charge in [0.1, 0.15) is 18.4 Å². The van der Waals surface area contributed by atoms with Gasteiger partial charge in [0.2, 0.25) is 11.8 Å². The first-order chi connectivity index (χ1) is 21.3. The highest BCUT2D eigenvalue weighted by molar-refractivity contribution is 7.92. The van der Waals surface area contributed by atoms with Crippen LogP contribution in [0.1, 0.15) is 37.5 Å². The summed E-state index contributed by atoms with van der Waals surface area (Å²) >= 11 is 6.20. The van der Waals surface area contributed by atoms with E-state index in [0.717, 1.165) is 9.87 Å². The fraction of sp³-hybridized carbons (Fsp3) is 0.257. The molecule has 4 rings (SSSR count). The zero-order valence-electron chi connectivity index (χ0n) is 25.7. The summed E-state index contributed by atoms with van der Waals surface area (Å²) in [6.07, 6.45) is 0.119. The summed E-state index contributed by atoms with van der Waals surface area (Å²) in [6.45, 7) is 6.26. The molecule has 1 atom stereocenters. The highest BCUT2D eigenvalue weighted by atomic mass is 35.5. The standard InChI is InChI=1S/C35H37ClFN3O4S/c1-25-21-28(36)19-20-31(25)40(45(43,44)29-16-9-6-10-17-29)24-33(41)39(23-27-15-11-12-18-30(27)37)32(34(42)38-35(2,3)4)22-26-13-7-5-8-14-26/h5-21,32H,22-24H2,1-4H3,(H,38,42). The molecule has 0 aliphatic carbocycles. The van der Waals surface area contributed by atoms with Crippen LogP contribution in [0.25, 0.3) is 0 Å². The number of benzene rings is 4. The summed E-state index contributed by atoms with van der Waals surface area (Å²) in [5.74, 6) is -1.68. The third kappa shape index (κ3) is 8.71. The quantitative estimate of drug-likeness (QED) is 0.200. The van der Waals surface area contributed by atoms with E-state index in [1.165, 1.54) is 29.2 Å². The van der Waals surface area contributed by atoms with Crippen molar-refractivity contribution < 1.29 is 22.4 Å². The van der Waals surface area contributed by atoms with Gasteiger partial charge < -0.3 is 10.2 Å². The number of nitrogens with one attached hydrogen (secondary N) is 1. The van der Waals surface area contributed by atoms with Crippen LogP contribution in [0.15, 0.2) is 108 Å². The van der Waals surface area contributed by atoms with Crippen molar-refractivity contribution in [1.29, 1.82) is 0 Å². The molecule has 2 amide bonds. The van der Waals surface area contributed by atoms with Crippen molar-refractivity contribution >= 4 is 39.1 Å². The lowest BCUT2D eigenvalue weighted by Gasteiger charge is -2.35. The second kappa shape index (κ2) is 14.3. The van der Waals surface area contributed by atoms with Gasteiger partial charge in [0.05, 0.1) is 10.6 Å². The molecule has 0 saturated carbocycles. The highest BCUT2D eigenvalue weighted by Gasteiger charge is 2.36. The van der Waals surface area contributed by atoms with Crippen molar-refractivity contribution in [2.75, 3.05) is 10.8 Å². The average molecular weight is 650 g/mol. The fourth-order valence-corrected chi connectivity index (χ4v) is 6.68. The van der Waals surface area contributed by atoms with Crippen molar-refractivity contribution in [3.63, 3.8) is 0 Å². The summed E-state index contributed by atoms with van der Waals surface area (Å²) in [7, 11) is -4.26. The van der Waals surface area contributed by atoms with Gasteiger partial charge in [0.25, 0.3) is 10.0 Å². The maximum atomic E-state index is 15.0. The molecule has 4 aromatic rings. The maximum absolute atomic E-state index is 15.0. The lowest BCUT2D eigenvalue weighted by Crippen LogP contribution is -2.56. The Morgan fingerprint density at radius 2 is 1.49 bits per heavy atom. The van der Waals surface area contributed by atoms with Crippen molar-refractivity contribution in [2.45, 2.75) is 57.1 Å². The Labute approximate surface area is 269 Å². The Bertz CT molecular complexity index is 1750. The first-order valence-electron chi connectivity index (χ1n) is 14.5. The zero-order valence-corrected chi connectivity index (χ0v) is 27.3. The second-order valence-corrected chi connectivity index (χ2v) is 14.1. The number of hydrogen-bond acceptors (Lipinski definition) is 4. The van der Waals surface area contributed by atoms with Gasteiger partial charge in [-0.05, 0) is 75.2 Å². The number of rotatable bonds is 11. The van der Waals surface area contributed by atoms with Crippen LogP contribution in [0, 0.1) is 12.7 Å². The van der Waals surface area contributed by atoms with Crippen LogP contribution in [0.5, 0.6) is 0 Å². The van der Waals surface area contributed by atoms with Crippen LogP contribution in [-0.4, -0.2) is 43.3 Å². The first-order valence-corrected chi connectivity index (χ1v) is 16.3. The summed E-state index contributed by atoms with van der Waals surface area (Å²) in [5, 5.41) is 3.36. The molecule has 236 valence electrons. The van der Waals surface area contributed by atoms with Crippen molar-refractivity contribution in [3.8, 4) is 0 Å². The number of aryl methyl sites for hydroxylation is 1. The topological polar surface area (TPSA) is 86.8 Å². The first kappa shape index (κ1) is 33.7. The fourth-order valence-electron chi connectivity index (χ4n) is 4.95. The molecule has 0 saturated heterocycles. The molecule has 1 N–H and O–H groups in total. The van der Waals surface area contributed by atoms with Crippen LogP contribution in [-0.2, 0) is 32.6 Å². The normalized spacial score (nSPS) is 12.3. The summed E-state index contributed by atoms with van der Waals surface area (Å²) < 4.78 is 44.3. The number of amides is 2. The summed E-state index contributed by atoms with van der Waals surface area (Å²) in [4.78, 5) is 29.7. The molecule has 0 heterocycles. The Balaban J connectivity index is 1.84. The number of carbonyl (C=O) groups excluding carboxylic acids is 2. The number of halogens is 2. The SMILES string of the molecule is Cc1cc(Cl)ccc1N(CC(=O)N(Cc1ccccc1F)C(Cc1ccccc1)C(=O)NC(C)(C)C)S(=O)(=O)c1ccccc1. The molecule has 0 bridgehead atoms. The molecular weight excluding hydrogens is 613 g/mol. The van der Waals surface area contributed by atoms with Gasteiger partial charge in [-0.3, -0.25) is 13.9 Å². The third-order valence-electron chi connectivity index (χ3n) is 7.11. The van der Waals surface area contributed by atoms with Crippen molar-refractivity contribution in [1.82, 2.24) is 10.2 Å². The Morgan fingerprint density at radius 1 is 0.889 bits per heavy atom. The van der Waals surface area contributed by atoms with E-state index in [2.05, 4.69) is 5.32 Å². The number of carbonyl (C=O) groups is 2. The van der Waals surface area contributed by atoms with Gasteiger partial charge >= 0.3 is 0 Å². The molecule has 0 aromatic heterocycles. The molecule has 0 spiro atoms. The van der Waals surface area contributed by atoms with E-state index >= 15 is 4.39 Å². The summed E-state index contributed by atoms with van der Waals surface area (Å²) in [5.41, 5.74) is 1.11. The molecule has 1 unspecified atom stereocenters. The average Bonchev–Trinajstić information content (AvgIpc) is 2.99. The van der Waals surface area contributed by atoms with Gasteiger partial charge in [0, 0.05) is 29.1 Å². The Kier molecular flexibility index (Phi) is 10.7. The second-order valence-electron chi connectivity index (χ2n) is 11.8. The minimum absolute atomic E-state index is 0.0147. The molecule has 45 heavy (non-hydrogen) atoms. The van der Waals surface area contributed by atoms with E-state index in [1.807, 2.05) is 51.1 Å². The Morgan fingerprint density at radius 3 is 2.09 bits per heavy atom. The molecule has 4 aromatic carbocycles. The highest BCUT2D eigenvalue weighted by Crippen LogP contribution is 2.30. The number of hydrogen-bond donors (Lipinski definition) is 1. The lowest BCUT2D eigenvalue weighted by molar-refractivity contribution is -0.140. The minimum atomic E-state index is -4.26. The van der Waals surface area contributed by atoms with E-state index in [0.29, 0.717) is 10.6 Å². The van der Waals surface area contributed by atoms with Crippen LogP contribution in [0.2, 0.25) is 5.02 Å². The van der Waals surface area contributed by atoms with Gasteiger partial charge in [0.15, 0.2) is 0 Å². The number of anilines is 1. The molecule has 7 nitrogen and oxygen atoms in total. The van der Waals surface area contributed by atoms with Crippen molar-refractivity contribution in [3.05, 3.63) is 131 Å². The van der Waals surface area contributed by atoms with E-state index in [9.17, 15) is 18.0 Å². The molecule has 0 radical (unpaired) electrons. The third-order valence-corrected chi connectivity index (χ3v) is 9.11. The molecular formula is C35H37ClFN3O4S. The summed E-state index contributed by atoms with van der Waals surface area (Å²) in [6, 6.07) is 26.6. The lowest BCUT2D eigenvalue weighted by atomic mass is 10.0. The van der Waals surface area contributed by atoms with E-state index in [1.54, 1.807) is 55.5 Å². The molecule has 0 aliphatic heterocycles. The van der Waals surface area contributed by atoms with Crippen LogP contribution in [0.3, 0.4) is 0 Å². The van der Waals surface area contributed by atoms with E-state index < -0.39 is 45.8 Å². The van der Waals surface area contributed by atoms with E-state index in [-0.39, 0.29) is 29.1 Å². The predicted octanol–water partition coefficient (Wildman–Crippen LogP) is 6.54. The molecule has 0 aliphatic rings. The van der Waals surface area contributed by atoms with Gasteiger partial charge in [-0.1, -0.05) is 78.3 Å². The molecule has 0 fully saturated rings. The molecule has 10 heteroatoms. The van der Waals surface area contributed by atoms with Crippen LogP contribution < -0.4 is 9.62 Å².